The predicted molar refractivity (Wildman–Crippen MR) is 51.3 cm³/mol. The fraction of sp³-hybridized carbons (Fsp3) is 1.00. The van der Waals surface area contributed by atoms with Crippen molar-refractivity contribution in [3.63, 3.8) is 0 Å². The molecule has 72 valence electrons. The molecule has 0 aromatic heterocycles. The molecule has 0 spiro atoms. The number of hydrogen-bond acceptors (Lipinski definition) is 2. The van der Waals surface area contributed by atoms with Crippen LogP contribution < -0.4 is 5.32 Å². The van der Waals surface area contributed by atoms with Gasteiger partial charge in [-0.15, -0.1) is 0 Å². The summed E-state index contributed by atoms with van der Waals surface area (Å²) < 4.78 is 5.59. The number of nitrogens with one attached hydrogen (secondary N) is 1. The van der Waals surface area contributed by atoms with Gasteiger partial charge in [0.2, 0.25) is 0 Å². The van der Waals surface area contributed by atoms with E-state index in [-0.39, 0.29) is 0 Å². The average Bonchev–Trinajstić information content (AvgIpc) is 2.49. The van der Waals surface area contributed by atoms with Gasteiger partial charge in [0.05, 0.1) is 6.61 Å². The molecule has 0 aromatic rings. The smallest absolute Gasteiger partial charge is 0.0506 e. The maximum atomic E-state index is 5.59. The Kier molecular flexibility index (Phi) is 4.62. The van der Waals surface area contributed by atoms with Crippen LogP contribution in [0.1, 0.15) is 26.7 Å². The molecule has 1 aliphatic heterocycles. The molecular weight excluding hydrogens is 150 g/mol. The van der Waals surface area contributed by atoms with Crippen LogP contribution >= 0.6 is 0 Å². The average molecular weight is 171 g/mol. The topological polar surface area (TPSA) is 21.3 Å². The lowest BCUT2D eigenvalue weighted by molar-refractivity contribution is 0.0964. The zero-order chi connectivity index (χ0) is 8.81. The minimum Gasteiger partial charge on any atom is -0.381 e. The summed E-state index contributed by atoms with van der Waals surface area (Å²) in [4.78, 5) is 0. The fourth-order valence-electron chi connectivity index (χ4n) is 1.43. The third kappa shape index (κ3) is 4.07. The van der Waals surface area contributed by atoms with Crippen LogP contribution in [-0.4, -0.2) is 26.3 Å². The normalized spacial score (nSPS) is 23.8. The molecule has 0 aromatic carbocycles. The molecule has 0 amide bonds. The molecule has 2 nitrogen and oxygen atoms in total. The van der Waals surface area contributed by atoms with Crippen molar-refractivity contribution in [1.82, 2.24) is 5.32 Å². The van der Waals surface area contributed by atoms with E-state index < -0.39 is 0 Å². The number of rotatable bonds is 5. The van der Waals surface area contributed by atoms with Gasteiger partial charge < -0.3 is 10.1 Å². The first-order chi connectivity index (χ1) is 5.79. The third-order valence-electron chi connectivity index (χ3n) is 2.36. The van der Waals surface area contributed by atoms with Crippen LogP contribution in [-0.2, 0) is 4.74 Å². The summed E-state index contributed by atoms with van der Waals surface area (Å²) in [5, 5.41) is 3.34. The second-order valence-electron chi connectivity index (χ2n) is 4.12. The monoisotopic (exact) mass is 171 g/mol. The van der Waals surface area contributed by atoms with Gasteiger partial charge in [-0.2, -0.15) is 0 Å². The van der Waals surface area contributed by atoms with Crippen LogP contribution in [0.4, 0.5) is 0 Å². The second-order valence-corrected chi connectivity index (χ2v) is 4.12. The number of ether oxygens (including phenoxy) is 1. The van der Waals surface area contributed by atoms with Crippen LogP contribution in [0.5, 0.6) is 0 Å². The van der Waals surface area contributed by atoms with Crippen molar-refractivity contribution in [2.75, 3.05) is 26.3 Å². The van der Waals surface area contributed by atoms with Crippen LogP contribution in [0.15, 0.2) is 0 Å². The maximum Gasteiger partial charge on any atom is 0.0506 e. The molecule has 1 N–H and O–H groups in total. The van der Waals surface area contributed by atoms with Crippen molar-refractivity contribution in [2.24, 2.45) is 11.8 Å². The molecule has 1 aliphatic rings. The Hall–Kier alpha value is -0.0800. The molecule has 0 aliphatic carbocycles. The van der Waals surface area contributed by atoms with Crippen molar-refractivity contribution in [3.8, 4) is 0 Å². The minimum absolute atomic E-state index is 0.770. The summed E-state index contributed by atoms with van der Waals surface area (Å²) in [5.74, 6) is 1.55. The Balaban J connectivity index is 1.88. The highest BCUT2D eigenvalue weighted by atomic mass is 16.5. The van der Waals surface area contributed by atoms with Gasteiger partial charge in [0.25, 0.3) is 0 Å². The third-order valence-corrected chi connectivity index (χ3v) is 2.36. The highest BCUT2D eigenvalue weighted by molar-refractivity contribution is 4.70. The molecule has 1 fully saturated rings. The summed E-state index contributed by atoms with van der Waals surface area (Å²) in [6.07, 6.45) is 2.49. The van der Waals surface area contributed by atoms with Gasteiger partial charge in [0.15, 0.2) is 0 Å². The Labute approximate surface area is 75.7 Å². The molecule has 0 bridgehead atoms. The van der Waals surface area contributed by atoms with Crippen LogP contribution in [0.25, 0.3) is 0 Å². The predicted octanol–water partition coefficient (Wildman–Crippen LogP) is 1.66. The Bertz CT molecular complexity index is 108. The zero-order valence-corrected chi connectivity index (χ0v) is 8.31. The van der Waals surface area contributed by atoms with Crippen LogP contribution in [0.3, 0.4) is 0 Å². The molecule has 0 unspecified atom stereocenters. The molecule has 1 heterocycles. The summed E-state index contributed by atoms with van der Waals surface area (Å²) >= 11 is 0. The maximum absolute atomic E-state index is 5.59. The van der Waals surface area contributed by atoms with Crippen molar-refractivity contribution in [3.05, 3.63) is 0 Å². The quantitative estimate of drug-likeness (QED) is 0.635. The van der Waals surface area contributed by atoms with Gasteiger partial charge in [-0.1, -0.05) is 13.8 Å². The Morgan fingerprint density at radius 2 is 2.33 bits per heavy atom. The van der Waals surface area contributed by atoms with Crippen molar-refractivity contribution < 1.29 is 4.74 Å². The summed E-state index contributed by atoms with van der Waals surface area (Å²) in [5.41, 5.74) is 0. The second kappa shape index (κ2) is 5.55. The van der Waals surface area contributed by atoms with Crippen molar-refractivity contribution in [2.45, 2.75) is 26.7 Å². The number of hydrogen-bond donors (Lipinski definition) is 1. The molecule has 12 heavy (non-hydrogen) atoms. The molecule has 1 atom stereocenters. The van der Waals surface area contributed by atoms with E-state index in [0.29, 0.717) is 0 Å². The molecule has 1 saturated heterocycles. The van der Waals surface area contributed by atoms with Gasteiger partial charge in [-0.3, -0.25) is 0 Å². The van der Waals surface area contributed by atoms with E-state index in [1.165, 1.54) is 19.4 Å². The van der Waals surface area contributed by atoms with Crippen molar-refractivity contribution >= 4 is 0 Å². The first-order valence-electron chi connectivity index (χ1n) is 5.07. The fourth-order valence-corrected chi connectivity index (χ4v) is 1.43. The SMILES string of the molecule is CC(C)CCOC[C@@H]1CCNC1. The molecule has 0 radical (unpaired) electrons. The van der Waals surface area contributed by atoms with E-state index in [2.05, 4.69) is 19.2 Å². The van der Waals surface area contributed by atoms with Gasteiger partial charge in [0.1, 0.15) is 0 Å². The van der Waals surface area contributed by atoms with Crippen LogP contribution in [0.2, 0.25) is 0 Å². The highest BCUT2D eigenvalue weighted by Gasteiger charge is 2.13. The van der Waals surface area contributed by atoms with E-state index in [0.717, 1.165) is 31.6 Å². The Morgan fingerprint density at radius 1 is 1.50 bits per heavy atom. The molecule has 2 heteroatoms. The molecular formula is C10H21NO. The Morgan fingerprint density at radius 3 is 2.92 bits per heavy atom. The lowest BCUT2D eigenvalue weighted by atomic mass is 10.1. The van der Waals surface area contributed by atoms with Crippen molar-refractivity contribution in [1.29, 1.82) is 0 Å². The first kappa shape index (κ1) is 10.0. The van der Waals surface area contributed by atoms with Gasteiger partial charge in [-0.05, 0) is 31.2 Å². The van der Waals surface area contributed by atoms with Gasteiger partial charge in [-0.25, -0.2) is 0 Å². The van der Waals surface area contributed by atoms with E-state index in [1.54, 1.807) is 0 Å². The highest BCUT2D eigenvalue weighted by Crippen LogP contribution is 2.08. The zero-order valence-electron chi connectivity index (χ0n) is 8.31. The van der Waals surface area contributed by atoms with Crippen LogP contribution in [0, 0.1) is 11.8 Å². The summed E-state index contributed by atoms with van der Waals surface area (Å²) in [7, 11) is 0. The molecule has 1 rings (SSSR count). The standard InChI is InChI=1S/C10H21NO/c1-9(2)4-6-12-8-10-3-5-11-7-10/h9-11H,3-8H2,1-2H3/t10-/m1/s1. The van der Waals surface area contributed by atoms with E-state index in [4.69, 9.17) is 4.74 Å². The van der Waals surface area contributed by atoms with E-state index in [1.807, 2.05) is 0 Å². The lowest BCUT2D eigenvalue weighted by Crippen LogP contribution is -2.14. The lowest BCUT2D eigenvalue weighted by Gasteiger charge is -2.10. The van der Waals surface area contributed by atoms with Gasteiger partial charge >= 0.3 is 0 Å². The minimum atomic E-state index is 0.770. The van der Waals surface area contributed by atoms with Gasteiger partial charge in [0, 0.05) is 13.2 Å². The van der Waals surface area contributed by atoms with E-state index >= 15 is 0 Å². The van der Waals surface area contributed by atoms with E-state index in [9.17, 15) is 0 Å². The molecule has 0 saturated carbocycles. The largest absolute Gasteiger partial charge is 0.381 e. The summed E-state index contributed by atoms with van der Waals surface area (Å²) in [6, 6.07) is 0. The summed E-state index contributed by atoms with van der Waals surface area (Å²) in [6.45, 7) is 8.70. The first-order valence-corrected chi connectivity index (χ1v) is 5.07.